The van der Waals surface area contributed by atoms with Crippen LogP contribution in [0.3, 0.4) is 0 Å². The van der Waals surface area contributed by atoms with Crippen molar-refractivity contribution >= 4 is 35.2 Å². The molecule has 170 valence electrons. The van der Waals surface area contributed by atoms with Gasteiger partial charge in [0.05, 0.1) is 5.92 Å². The molecule has 1 unspecified atom stereocenters. The van der Waals surface area contributed by atoms with Crippen LogP contribution in [-0.4, -0.2) is 50.5 Å². The van der Waals surface area contributed by atoms with E-state index in [2.05, 4.69) is 20.6 Å². The first kappa shape index (κ1) is 22.8. The Balaban J connectivity index is 1.54. The van der Waals surface area contributed by atoms with Crippen molar-refractivity contribution in [2.24, 2.45) is 5.92 Å². The first-order valence-corrected chi connectivity index (χ1v) is 10.2. The highest BCUT2D eigenvalue weighted by Crippen LogP contribution is 2.22. The number of H-pyrrole nitrogens is 1. The molecule has 32 heavy (non-hydrogen) atoms. The average Bonchev–Trinajstić information content (AvgIpc) is 2.75. The number of hydrogen-bond donors (Lipinski definition) is 6. The number of benzene rings is 1. The summed E-state index contributed by atoms with van der Waals surface area (Å²) >= 11 is 0. The second kappa shape index (κ2) is 9.94. The monoisotopic (exact) mass is 443 g/mol. The molecule has 1 aliphatic rings. The van der Waals surface area contributed by atoms with Crippen LogP contribution in [0.1, 0.15) is 41.6 Å². The summed E-state index contributed by atoms with van der Waals surface area (Å²) in [6.45, 7) is 0.576. The SMILES string of the molecule is Nc1nc2c(c(=O)[nH]1)NC(CCc1ccc(C(=O)C[C@@H](CCC(=O)O)C(=O)O)cc1)CN2. The molecule has 3 rings (SSSR count). The number of nitrogens with one attached hydrogen (secondary N) is 3. The summed E-state index contributed by atoms with van der Waals surface area (Å²) in [6, 6.07) is 6.90. The van der Waals surface area contributed by atoms with Crippen molar-refractivity contribution in [1.82, 2.24) is 9.97 Å². The smallest absolute Gasteiger partial charge is 0.306 e. The number of aliphatic carboxylic acids is 2. The van der Waals surface area contributed by atoms with Crippen LogP contribution in [0.15, 0.2) is 29.1 Å². The van der Waals surface area contributed by atoms with E-state index in [1.54, 1.807) is 24.3 Å². The lowest BCUT2D eigenvalue weighted by Gasteiger charge is -2.26. The molecular weight excluding hydrogens is 418 g/mol. The molecule has 0 radical (unpaired) electrons. The van der Waals surface area contributed by atoms with Gasteiger partial charge in [0, 0.05) is 31.0 Å². The molecule has 0 saturated heterocycles. The van der Waals surface area contributed by atoms with Crippen LogP contribution in [0.2, 0.25) is 0 Å². The molecule has 1 aliphatic heterocycles. The second-order valence-electron chi connectivity index (χ2n) is 7.73. The van der Waals surface area contributed by atoms with E-state index in [9.17, 15) is 24.3 Å². The number of carbonyl (C=O) groups is 3. The summed E-state index contributed by atoms with van der Waals surface area (Å²) in [5, 5.41) is 24.2. The summed E-state index contributed by atoms with van der Waals surface area (Å²) in [5.74, 6) is -3.16. The fraction of sp³-hybridized carbons (Fsp3) is 0.381. The lowest BCUT2D eigenvalue weighted by atomic mass is 9.93. The zero-order chi connectivity index (χ0) is 23.3. The minimum Gasteiger partial charge on any atom is -0.481 e. The number of carboxylic acids is 2. The molecule has 2 aromatic rings. The highest BCUT2D eigenvalue weighted by Gasteiger charge is 2.23. The maximum absolute atomic E-state index is 12.4. The van der Waals surface area contributed by atoms with Crippen LogP contribution in [0.5, 0.6) is 0 Å². The number of nitrogens with zero attached hydrogens (tertiary/aromatic N) is 1. The van der Waals surface area contributed by atoms with Gasteiger partial charge in [0.15, 0.2) is 11.6 Å². The summed E-state index contributed by atoms with van der Waals surface area (Å²) < 4.78 is 0. The number of nitrogens with two attached hydrogens (primary N) is 1. The molecule has 11 nitrogen and oxygen atoms in total. The normalized spacial score (nSPS) is 15.7. The van der Waals surface area contributed by atoms with Gasteiger partial charge in [0.25, 0.3) is 5.56 Å². The minimum atomic E-state index is -1.18. The molecule has 0 bridgehead atoms. The van der Waals surface area contributed by atoms with E-state index < -0.39 is 17.9 Å². The Labute approximate surface area is 183 Å². The van der Waals surface area contributed by atoms with E-state index in [1.807, 2.05) is 0 Å². The van der Waals surface area contributed by atoms with Crippen LogP contribution in [0, 0.1) is 5.92 Å². The van der Waals surface area contributed by atoms with E-state index in [0.717, 1.165) is 12.0 Å². The number of nitrogen functional groups attached to an aromatic ring is 1. The lowest BCUT2D eigenvalue weighted by molar-refractivity contribution is -0.142. The van der Waals surface area contributed by atoms with Gasteiger partial charge in [0.1, 0.15) is 5.69 Å². The molecule has 1 aromatic heterocycles. The molecule has 0 amide bonds. The van der Waals surface area contributed by atoms with Crippen LogP contribution in [-0.2, 0) is 16.0 Å². The first-order chi connectivity index (χ1) is 15.2. The van der Waals surface area contributed by atoms with Crippen molar-refractivity contribution in [3.05, 3.63) is 45.7 Å². The zero-order valence-electron chi connectivity index (χ0n) is 17.3. The maximum atomic E-state index is 12.4. The number of ketones is 1. The summed E-state index contributed by atoms with van der Waals surface area (Å²) in [7, 11) is 0. The molecule has 2 atom stereocenters. The molecule has 0 spiro atoms. The van der Waals surface area contributed by atoms with Crippen LogP contribution < -0.4 is 21.9 Å². The van der Waals surface area contributed by atoms with Crippen molar-refractivity contribution in [1.29, 1.82) is 0 Å². The van der Waals surface area contributed by atoms with E-state index in [1.165, 1.54) is 0 Å². The number of Topliss-reactive ketones (excluding diaryl/α,β-unsaturated/α-hetero) is 1. The zero-order valence-corrected chi connectivity index (χ0v) is 17.3. The fourth-order valence-corrected chi connectivity index (χ4v) is 3.55. The quantitative estimate of drug-likeness (QED) is 0.292. The molecule has 0 saturated carbocycles. The summed E-state index contributed by atoms with van der Waals surface area (Å²) in [6.07, 6.45) is 0.782. The van der Waals surface area contributed by atoms with E-state index >= 15 is 0 Å². The van der Waals surface area contributed by atoms with Crippen molar-refractivity contribution in [3.8, 4) is 0 Å². The standard InChI is InChI=1S/C21H25N5O6/c22-21-25-18-17(19(30)26-21)24-14(10-23-18)7-3-11-1-4-12(5-2-11)15(27)9-13(20(31)32)6-8-16(28)29/h1-2,4-5,13-14,24H,3,6-10H2,(H,28,29)(H,31,32)(H4,22,23,25,26,30)/t13-,14?/m1/s1. The van der Waals surface area contributed by atoms with Gasteiger partial charge in [-0.2, -0.15) is 4.98 Å². The number of rotatable bonds is 10. The molecular formula is C21H25N5O6. The summed E-state index contributed by atoms with van der Waals surface area (Å²) in [4.78, 5) is 52.9. The Morgan fingerprint density at radius 3 is 2.56 bits per heavy atom. The van der Waals surface area contributed by atoms with Gasteiger partial charge in [-0.15, -0.1) is 0 Å². The van der Waals surface area contributed by atoms with Crippen LogP contribution >= 0.6 is 0 Å². The highest BCUT2D eigenvalue weighted by atomic mass is 16.4. The summed E-state index contributed by atoms with van der Waals surface area (Å²) in [5.41, 5.74) is 6.93. The number of anilines is 3. The van der Waals surface area contributed by atoms with Crippen LogP contribution in [0.25, 0.3) is 0 Å². The maximum Gasteiger partial charge on any atom is 0.306 e. The predicted molar refractivity (Wildman–Crippen MR) is 117 cm³/mol. The third kappa shape index (κ3) is 5.84. The fourth-order valence-electron chi connectivity index (χ4n) is 3.55. The van der Waals surface area contributed by atoms with Gasteiger partial charge < -0.3 is 26.6 Å². The Morgan fingerprint density at radius 1 is 1.19 bits per heavy atom. The number of carbonyl (C=O) groups excluding carboxylic acids is 1. The highest BCUT2D eigenvalue weighted by molar-refractivity contribution is 5.98. The molecule has 1 aromatic carbocycles. The minimum absolute atomic E-state index is 0.000827. The molecule has 11 heteroatoms. The van der Waals surface area contributed by atoms with Gasteiger partial charge in [-0.25, -0.2) is 0 Å². The molecule has 0 aliphatic carbocycles. The van der Waals surface area contributed by atoms with E-state index in [0.29, 0.717) is 30.0 Å². The number of aromatic amines is 1. The number of aromatic nitrogens is 2. The van der Waals surface area contributed by atoms with Gasteiger partial charge >= 0.3 is 11.9 Å². The first-order valence-electron chi connectivity index (χ1n) is 10.2. The molecule has 0 fully saturated rings. The van der Waals surface area contributed by atoms with Crippen LogP contribution in [0.4, 0.5) is 17.5 Å². The Hall–Kier alpha value is -3.89. The third-order valence-electron chi connectivity index (χ3n) is 5.35. The van der Waals surface area contributed by atoms with Crippen molar-refractivity contribution in [3.63, 3.8) is 0 Å². The number of carboxylic acid groups (broad SMARTS) is 2. The average molecular weight is 443 g/mol. The van der Waals surface area contributed by atoms with Crippen molar-refractivity contribution in [2.45, 2.75) is 38.1 Å². The van der Waals surface area contributed by atoms with Gasteiger partial charge in [-0.1, -0.05) is 24.3 Å². The van der Waals surface area contributed by atoms with Gasteiger partial charge in [-0.05, 0) is 24.8 Å². The van der Waals surface area contributed by atoms with Crippen molar-refractivity contribution in [2.75, 3.05) is 22.9 Å². The van der Waals surface area contributed by atoms with E-state index in [4.69, 9.17) is 10.8 Å². The number of hydrogen-bond acceptors (Lipinski definition) is 8. The van der Waals surface area contributed by atoms with E-state index in [-0.39, 0.29) is 42.6 Å². The predicted octanol–water partition coefficient (Wildman–Crippen LogP) is 1.33. The van der Waals surface area contributed by atoms with Crippen molar-refractivity contribution < 1.29 is 24.6 Å². The molecule has 7 N–H and O–H groups in total. The second-order valence-corrected chi connectivity index (χ2v) is 7.73. The lowest BCUT2D eigenvalue weighted by Crippen LogP contribution is -2.37. The topological polar surface area (TPSA) is 187 Å². The Bertz CT molecular complexity index is 1070. The molecule has 2 heterocycles. The largest absolute Gasteiger partial charge is 0.481 e. The van der Waals surface area contributed by atoms with Gasteiger partial charge in [-0.3, -0.25) is 24.2 Å². The number of aryl methyl sites for hydroxylation is 1. The number of fused-ring (bicyclic) bond motifs is 1. The third-order valence-corrected chi connectivity index (χ3v) is 5.35. The Morgan fingerprint density at radius 2 is 1.91 bits per heavy atom. The van der Waals surface area contributed by atoms with Gasteiger partial charge in [0.2, 0.25) is 5.95 Å². The Kier molecular flexibility index (Phi) is 7.08.